The van der Waals surface area contributed by atoms with Crippen molar-refractivity contribution in [2.75, 3.05) is 19.6 Å². The van der Waals surface area contributed by atoms with E-state index < -0.39 is 5.60 Å². The first-order valence-corrected chi connectivity index (χ1v) is 9.72. The van der Waals surface area contributed by atoms with Gasteiger partial charge in [-0.1, -0.05) is 24.3 Å². The van der Waals surface area contributed by atoms with E-state index in [1.807, 2.05) is 43.3 Å². The first-order chi connectivity index (χ1) is 13.5. The van der Waals surface area contributed by atoms with E-state index in [4.69, 9.17) is 0 Å². The normalized spacial score (nSPS) is 19.5. The SMILES string of the molecule is Cc1ccc2cc(-c3cccc(C(=O)NC[C@@]4(O)CCCNC4)c3)ccc2n1. The molecule has 5 nitrogen and oxygen atoms in total. The third-order valence-electron chi connectivity index (χ3n) is 5.31. The van der Waals surface area contributed by atoms with E-state index in [1.54, 1.807) is 6.07 Å². The summed E-state index contributed by atoms with van der Waals surface area (Å²) >= 11 is 0. The van der Waals surface area contributed by atoms with Crippen molar-refractivity contribution in [2.45, 2.75) is 25.4 Å². The van der Waals surface area contributed by atoms with Gasteiger partial charge in [-0.25, -0.2) is 0 Å². The summed E-state index contributed by atoms with van der Waals surface area (Å²) in [6, 6.07) is 17.8. The molecule has 28 heavy (non-hydrogen) atoms. The lowest BCUT2D eigenvalue weighted by molar-refractivity contribution is 0.0170. The number of rotatable bonds is 4. The Hall–Kier alpha value is -2.76. The van der Waals surface area contributed by atoms with Crippen LogP contribution in [0.4, 0.5) is 0 Å². The van der Waals surface area contributed by atoms with Gasteiger partial charge in [0.1, 0.15) is 0 Å². The summed E-state index contributed by atoms with van der Waals surface area (Å²) in [4.78, 5) is 17.1. The fraction of sp³-hybridized carbons (Fsp3) is 0.304. The predicted molar refractivity (Wildman–Crippen MR) is 111 cm³/mol. The highest BCUT2D eigenvalue weighted by Gasteiger charge is 2.29. The van der Waals surface area contributed by atoms with Crippen LogP contribution in [0.1, 0.15) is 28.9 Å². The van der Waals surface area contributed by atoms with Gasteiger partial charge in [-0.05, 0) is 67.8 Å². The fourth-order valence-corrected chi connectivity index (χ4v) is 3.70. The number of amides is 1. The van der Waals surface area contributed by atoms with E-state index in [-0.39, 0.29) is 12.5 Å². The maximum Gasteiger partial charge on any atom is 0.251 e. The number of carbonyl (C=O) groups excluding carboxylic acids is 1. The average molecular weight is 375 g/mol. The van der Waals surface area contributed by atoms with E-state index >= 15 is 0 Å². The van der Waals surface area contributed by atoms with Gasteiger partial charge < -0.3 is 15.7 Å². The molecule has 1 fully saturated rings. The number of aromatic nitrogens is 1. The van der Waals surface area contributed by atoms with Crippen LogP contribution in [0.5, 0.6) is 0 Å². The Bertz CT molecular complexity index is 1010. The van der Waals surface area contributed by atoms with Gasteiger partial charge in [0.2, 0.25) is 0 Å². The number of piperidine rings is 1. The molecule has 0 radical (unpaired) electrons. The number of hydrogen-bond donors (Lipinski definition) is 3. The maximum absolute atomic E-state index is 12.6. The second-order valence-electron chi connectivity index (χ2n) is 7.63. The van der Waals surface area contributed by atoms with Crippen molar-refractivity contribution in [2.24, 2.45) is 0 Å². The Morgan fingerprint density at radius 2 is 2.04 bits per heavy atom. The lowest BCUT2D eigenvalue weighted by atomic mass is 9.94. The van der Waals surface area contributed by atoms with Gasteiger partial charge in [-0.15, -0.1) is 0 Å². The zero-order chi connectivity index (χ0) is 19.6. The standard InChI is InChI=1S/C23H25N3O2/c1-16-6-7-19-12-18(8-9-21(19)26-16)17-4-2-5-20(13-17)22(27)25-15-23(28)10-3-11-24-14-23/h2,4-9,12-13,24,28H,3,10-11,14-15H2,1H3,(H,25,27)/t23-/m1/s1. The van der Waals surface area contributed by atoms with Gasteiger partial charge in [0.05, 0.1) is 11.1 Å². The van der Waals surface area contributed by atoms with Crippen molar-refractivity contribution < 1.29 is 9.90 Å². The number of nitrogens with zero attached hydrogens (tertiary/aromatic N) is 1. The Labute approximate surface area is 164 Å². The molecule has 3 N–H and O–H groups in total. The molecule has 0 spiro atoms. The minimum Gasteiger partial charge on any atom is -0.387 e. The van der Waals surface area contributed by atoms with Crippen molar-refractivity contribution in [1.29, 1.82) is 0 Å². The zero-order valence-corrected chi connectivity index (χ0v) is 16.0. The number of β-amino-alcohol motifs (C(OH)–C–C–N with tert-alkyl or cyclic N) is 1. The van der Waals surface area contributed by atoms with Gasteiger partial charge in [0.15, 0.2) is 0 Å². The molecule has 2 aromatic carbocycles. The number of fused-ring (bicyclic) bond motifs is 1. The van der Waals surface area contributed by atoms with Gasteiger partial charge in [0, 0.05) is 29.7 Å². The number of aliphatic hydroxyl groups is 1. The molecule has 0 aliphatic carbocycles. The number of benzene rings is 2. The maximum atomic E-state index is 12.6. The van der Waals surface area contributed by atoms with Crippen LogP contribution in [-0.4, -0.2) is 41.2 Å². The molecule has 144 valence electrons. The minimum atomic E-state index is -0.866. The highest BCUT2D eigenvalue weighted by Crippen LogP contribution is 2.25. The van der Waals surface area contributed by atoms with Crippen LogP contribution in [0.15, 0.2) is 54.6 Å². The smallest absolute Gasteiger partial charge is 0.251 e. The second-order valence-corrected chi connectivity index (χ2v) is 7.63. The average Bonchev–Trinajstić information content (AvgIpc) is 2.72. The Morgan fingerprint density at radius 1 is 1.18 bits per heavy atom. The lowest BCUT2D eigenvalue weighted by Gasteiger charge is -2.32. The van der Waals surface area contributed by atoms with Gasteiger partial charge >= 0.3 is 0 Å². The fourth-order valence-electron chi connectivity index (χ4n) is 3.70. The number of aryl methyl sites for hydroxylation is 1. The molecule has 0 unspecified atom stereocenters. The van der Waals surface area contributed by atoms with Crippen molar-refractivity contribution in [3.63, 3.8) is 0 Å². The Kier molecular flexibility index (Phi) is 5.11. The van der Waals surface area contributed by atoms with E-state index in [1.165, 1.54) is 0 Å². The highest BCUT2D eigenvalue weighted by molar-refractivity contribution is 5.96. The van der Waals surface area contributed by atoms with Crippen LogP contribution in [0.2, 0.25) is 0 Å². The van der Waals surface area contributed by atoms with Crippen LogP contribution < -0.4 is 10.6 Å². The molecule has 1 aliphatic rings. The molecule has 1 aromatic heterocycles. The summed E-state index contributed by atoms with van der Waals surface area (Å²) in [5, 5.41) is 17.7. The van der Waals surface area contributed by atoms with Crippen molar-refractivity contribution >= 4 is 16.8 Å². The molecular weight excluding hydrogens is 350 g/mol. The third kappa shape index (κ3) is 4.06. The van der Waals surface area contributed by atoms with Crippen LogP contribution in [0, 0.1) is 6.92 Å². The molecular formula is C23H25N3O2. The summed E-state index contributed by atoms with van der Waals surface area (Å²) in [6.07, 6.45) is 1.61. The second kappa shape index (κ2) is 7.70. The van der Waals surface area contributed by atoms with Crippen LogP contribution in [0.3, 0.4) is 0 Å². The Balaban J connectivity index is 1.52. The summed E-state index contributed by atoms with van der Waals surface area (Å²) in [6.45, 7) is 3.66. The first-order valence-electron chi connectivity index (χ1n) is 9.72. The molecule has 5 heteroatoms. The first kappa shape index (κ1) is 18.6. The largest absolute Gasteiger partial charge is 0.387 e. The minimum absolute atomic E-state index is 0.168. The zero-order valence-electron chi connectivity index (χ0n) is 16.0. The van der Waals surface area contributed by atoms with E-state index in [0.717, 1.165) is 40.7 Å². The van der Waals surface area contributed by atoms with Gasteiger partial charge in [0.25, 0.3) is 5.91 Å². The van der Waals surface area contributed by atoms with Crippen molar-refractivity contribution in [1.82, 2.24) is 15.6 Å². The van der Waals surface area contributed by atoms with E-state index in [0.29, 0.717) is 18.5 Å². The molecule has 2 heterocycles. The van der Waals surface area contributed by atoms with Crippen LogP contribution >= 0.6 is 0 Å². The number of hydrogen-bond acceptors (Lipinski definition) is 4. The van der Waals surface area contributed by atoms with Crippen molar-refractivity contribution in [3.8, 4) is 11.1 Å². The molecule has 1 amide bonds. The lowest BCUT2D eigenvalue weighted by Crippen LogP contribution is -2.52. The third-order valence-corrected chi connectivity index (χ3v) is 5.31. The summed E-state index contributed by atoms with van der Waals surface area (Å²) in [7, 11) is 0. The van der Waals surface area contributed by atoms with Gasteiger partial charge in [-0.2, -0.15) is 0 Å². The molecule has 0 bridgehead atoms. The molecule has 4 rings (SSSR count). The van der Waals surface area contributed by atoms with Crippen LogP contribution in [0.25, 0.3) is 22.0 Å². The Morgan fingerprint density at radius 3 is 2.86 bits per heavy atom. The molecule has 0 saturated carbocycles. The summed E-state index contributed by atoms with van der Waals surface area (Å²) in [5.74, 6) is -0.168. The summed E-state index contributed by atoms with van der Waals surface area (Å²) in [5.41, 5.74) is 3.71. The number of pyridine rings is 1. The van der Waals surface area contributed by atoms with Crippen molar-refractivity contribution in [3.05, 3.63) is 65.9 Å². The number of nitrogens with one attached hydrogen (secondary N) is 2. The topological polar surface area (TPSA) is 74.2 Å². The quantitative estimate of drug-likeness (QED) is 0.655. The molecule has 1 saturated heterocycles. The van der Waals surface area contributed by atoms with E-state index in [2.05, 4.69) is 27.8 Å². The molecule has 1 aliphatic heterocycles. The molecule has 1 atom stereocenters. The monoisotopic (exact) mass is 375 g/mol. The van der Waals surface area contributed by atoms with Crippen LogP contribution in [-0.2, 0) is 0 Å². The highest BCUT2D eigenvalue weighted by atomic mass is 16.3. The predicted octanol–water partition coefficient (Wildman–Crippen LogP) is 3.05. The molecule has 3 aromatic rings. The number of carbonyl (C=O) groups is 1. The van der Waals surface area contributed by atoms with Gasteiger partial charge in [-0.3, -0.25) is 9.78 Å². The summed E-state index contributed by atoms with van der Waals surface area (Å²) < 4.78 is 0. The van der Waals surface area contributed by atoms with E-state index in [9.17, 15) is 9.90 Å².